The van der Waals surface area contributed by atoms with Crippen molar-refractivity contribution in [2.45, 2.75) is 96.5 Å². The fourth-order valence-corrected chi connectivity index (χ4v) is 8.93. The second-order valence-corrected chi connectivity index (χ2v) is 12.1. The molecular formula is C27H39NO3. The maximum Gasteiger partial charge on any atom is 0.163 e. The van der Waals surface area contributed by atoms with Gasteiger partial charge in [-0.05, 0) is 87.2 Å². The van der Waals surface area contributed by atoms with Crippen molar-refractivity contribution in [3.05, 3.63) is 22.8 Å². The maximum absolute atomic E-state index is 14.1. The number of fused-ring (bicyclic) bond motifs is 6. The van der Waals surface area contributed by atoms with Crippen LogP contribution < -0.4 is 5.32 Å². The van der Waals surface area contributed by atoms with Crippen LogP contribution in [0.25, 0.3) is 0 Å². The predicted octanol–water partition coefficient (Wildman–Crippen LogP) is 4.18. The van der Waals surface area contributed by atoms with Gasteiger partial charge in [-0.1, -0.05) is 32.4 Å². The van der Waals surface area contributed by atoms with E-state index in [1.807, 2.05) is 0 Å². The monoisotopic (exact) mass is 425 g/mol. The van der Waals surface area contributed by atoms with Crippen molar-refractivity contribution >= 4 is 5.78 Å². The molecule has 2 saturated heterocycles. The van der Waals surface area contributed by atoms with Gasteiger partial charge in [-0.2, -0.15) is 0 Å². The van der Waals surface area contributed by atoms with Crippen LogP contribution in [-0.2, 0) is 9.53 Å². The summed E-state index contributed by atoms with van der Waals surface area (Å²) in [6, 6.07) is 0.410. The molecular weight excluding hydrogens is 386 g/mol. The van der Waals surface area contributed by atoms with E-state index in [2.05, 4.69) is 39.1 Å². The van der Waals surface area contributed by atoms with E-state index in [-0.39, 0.29) is 29.1 Å². The number of aliphatic hydroxyl groups excluding tert-OH is 1. The molecule has 6 aliphatic rings. The van der Waals surface area contributed by atoms with E-state index in [4.69, 9.17) is 4.74 Å². The smallest absolute Gasteiger partial charge is 0.163 e. The summed E-state index contributed by atoms with van der Waals surface area (Å²) < 4.78 is 6.93. The molecule has 0 radical (unpaired) electrons. The van der Waals surface area contributed by atoms with Gasteiger partial charge in [-0.3, -0.25) is 4.79 Å². The van der Waals surface area contributed by atoms with Crippen molar-refractivity contribution in [2.75, 3.05) is 6.54 Å². The van der Waals surface area contributed by atoms with Crippen molar-refractivity contribution < 1.29 is 14.6 Å². The normalized spacial score (nSPS) is 53.7. The topological polar surface area (TPSA) is 58.6 Å². The molecule has 10 atom stereocenters. The summed E-state index contributed by atoms with van der Waals surface area (Å²) in [5.41, 5.74) is 3.43. The first kappa shape index (κ1) is 20.6. The number of hydrogen-bond donors (Lipinski definition) is 2. The second-order valence-electron chi connectivity index (χ2n) is 12.1. The van der Waals surface area contributed by atoms with Crippen LogP contribution >= 0.6 is 0 Å². The highest BCUT2D eigenvalue weighted by molar-refractivity contribution is 6.02. The number of carbonyl (C=O) groups excluding carboxylic acids is 1. The average Bonchev–Trinajstić information content (AvgIpc) is 3.18. The van der Waals surface area contributed by atoms with Gasteiger partial charge in [-0.15, -0.1) is 0 Å². The molecule has 0 unspecified atom stereocenters. The molecule has 0 aromatic carbocycles. The van der Waals surface area contributed by atoms with E-state index >= 15 is 0 Å². The van der Waals surface area contributed by atoms with Crippen LogP contribution in [0.1, 0.15) is 72.6 Å². The van der Waals surface area contributed by atoms with Crippen LogP contribution in [0.4, 0.5) is 0 Å². The number of ketones is 1. The van der Waals surface area contributed by atoms with Crippen LogP contribution in [0, 0.1) is 35.0 Å². The van der Waals surface area contributed by atoms with Gasteiger partial charge in [0.25, 0.3) is 0 Å². The highest BCUT2D eigenvalue weighted by Crippen LogP contribution is 2.63. The summed E-state index contributed by atoms with van der Waals surface area (Å²) in [5.74, 6) is 2.41. The molecule has 0 bridgehead atoms. The summed E-state index contributed by atoms with van der Waals surface area (Å²) >= 11 is 0. The molecule has 0 aromatic heterocycles. The Morgan fingerprint density at radius 3 is 2.84 bits per heavy atom. The summed E-state index contributed by atoms with van der Waals surface area (Å²) in [6.45, 7) is 10.3. The Labute approximate surface area is 186 Å². The third-order valence-corrected chi connectivity index (χ3v) is 10.6. The minimum absolute atomic E-state index is 0.0653. The Hall–Kier alpha value is -0.970. The number of Topliss-reactive ketones (excluding diaryl/α,β-unsaturated/α-hetero) is 1. The molecule has 0 amide bonds. The lowest BCUT2D eigenvalue weighted by atomic mass is 9.56. The number of carbonyl (C=O) groups is 1. The molecule has 2 heterocycles. The lowest BCUT2D eigenvalue weighted by Crippen LogP contribution is -2.49. The number of nitrogens with one attached hydrogen (secondary N) is 1. The molecule has 4 nitrogen and oxygen atoms in total. The Kier molecular flexibility index (Phi) is 4.51. The fourth-order valence-electron chi connectivity index (χ4n) is 8.93. The van der Waals surface area contributed by atoms with Crippen LogP contribution in [-0.4, -0.2) is 41.3 Å². The molecule has 4 aliphatic carbocycles. The molecule has 2 saturated carbocycles. The minimum Gasteiger partial charge on any atom is -0.393 e. The van der Waals surface area contributed by atoms with Gasteiger partial charge < -0.3 is 15.2 Å². The Bertz CT molecular complexity index is 876. The van der Waals surface area contributed by atoms with Crippen LogP contribution in [0.5, 0.6) is 0 Å². The van der Waals surface area contributed by atoms with E-state index in [0.29, 0.717) is 35.5 Å². The van der Waals surface area contributed by atoms with E-state index in [1.54, 1.807) is 0 Å². The van der Waals surface area contributed by atoms with E-state index in [0.717, 1.165) is 57.1 Å². The third kappa shape index (κ3) is 2.62. The Morgan fingerprint density at radius 1 is 1.23 bits per heavy atom. The molecule has 170 valence electrons. The Morgan fingerprint density at radius 2 is 2.03 bits per heavy atom. The first-order chi connectivity index (χ1) is 14.8. The van der Waals surface area contributed by atoms with Gasteiger partial charge in [0.1, 0.15) is 0 Å². The number of hydrogen-bond acceptors (Lipinski definition) is 4. The molecule has 4 heteroatoms. The number of piperidine rings is 1. The molecule has 0 aromatic rings. The van der Waals surface area contributed by atoms with Gasteiger partial charge in [0.15, 0.2) is 5.78 Å². The lowest BCUT2D eigenvalue weighted by Gasteiger charge is -2.48. The number of aliphatic hydroxyl groups is 1. The van der Waals surface area contributed by atoms with Crippen molar-refractivity contribution in [1.82, 2.24) is 5.32 Å². The first-order valence-corrected chi connectivity index (χ1v) is 12.8. The predicted molar refractivity (Wildman–Crippen MR) is 120 cm³/mol. The van der Waals surface area contributed by atoms with Crippen LogP contribution in [0.15, 0.2) is 22.8 Å². The third-order valence-electron chi connectivity index (χ3n) is 10.6. The average molecular weight is 426 g/mol. The van der Waals surface area contributed by atoms with Crippen molar-refractivity contribution in [1.29, 1.82) is 0 Å². The molecule has 2 N–H and O–H groups in total. The molecule has 6 rings (SSSR count). The van der Waals surface area contributed by atoms with Gasteiger partial charge in [0.05, 0.1) is 17.8 Å². The SMILES string of the molecule is CC1=C2C(=O)[C@@H]3[C@@H](CC=C4C[C@@H](O)CC[C@@]43C)[C@H]2CC[C@@]12O[C@@H]1C[C@H](C)CN[C@H]1[C@H]2C. The van der Waals surface area contributed by atoms with Crippen LogP contribution in [0.3, 0.4) is 0 Å². The van der Waals surface area contributed by atoms with Gasteiger partial charge >= 0.3 is 0 Å². The van der Waals surface area contributed by atoms with Gasteiger partial charge in [0.2, 0.25) is 0 Å². The summed E-state index contributed by atoms with van der Waals surface area (Å²) in [6.07, 6.45) is 9.23. The molecule has 2 aliphatic heterocycles. The fraction of sp³-hybridized carbons (Fsp3) is 0.815. The highest BCUT2D eigenvalue weighted by Gasteiger charge is 2.63. The maximum atomic E-state index is 14.1. The summed E-state index contributed by atoms with van der Waals surface area (Å²) in [4.78, 5) is 14.1. The van der Waals surface area contributed by atoms with Crippen molar-refractivity contribution in [3.8, 4) is 0 Å². The largest absolute Gasteiger partial charge is 0.393 e. The Balaban J connectivity index is 1.39. The zero-order valence-corrected chi connectivity index (χ0v) is 19.6. The highest BCUT2D eigenvalue weighted by atomic mass is 16.5. The van der Waals surface area contributed by atoms with E-state index < -0.39 is 0 Å². The summed E-state index contributed by atoms with van der Waals surface area (Å²) in [7, 11) is 0. The second kappa shape index (κ2) is 6.77. The molecule has 1 spiro atoms. The standard InChI is InChI=1S/C27H39NO3/c1-14-11-21-24(28-13-14)16(3)27(31-21)10-8-19-20-6-5-17-12-18(29)7-9-26(17,4)23(20)25(30)22(19)15(27)2/h5,14,16,18-21,23-24,28-29H,6-13H2,1-4H3/t14-,16+,18-,19+,20-,21+,23-,24-,26-,27+/m0/s1. The van der Waals surface area contributed by atoms with Crippen molar-refractivity contribution in [3.63, 3.8) is 0 Å². The zero-order chi connectivity index (χ0) is 21.7. The van der Waals surface area contributed by atoms with Gasteiger partial charge in [-0.25, -0.2) is 0 Å². The van der Waals surface area contributed by atoms with E-state index in [9.17, 15) is 9.90 Å². The van der Waals surface area contributed by atoms with Gasteiger partial charge in [0, 0.05) is 23.5 Å². The lowest BCUT2D eigenvalue weighted by molar-refractivity contribution is -0.123. The quantitative estimate of drug-likeness (QED) is 0.572. The molecule has 31 heavy (non-hydrogen) atoms. The van der Waals surface area contributed by atoms with Crippen LogP contribution in [0.2, 0.25) is 0 Å². The molecule has 4 fully saturated rings. The minimum atomic E-state index is -0.263. The summed E-state index contributed by atoms with van der Waals surface area (Å²) in [5, 5.41) is 14.0. The number of ether oxygens (including phenoxy) is 1. The van der Waals surface area contributed by atoms with Crippen molar-refractivity contribution in [2.24, 2.45) is 35.0 Å². The van der Waals surface area contributed by atoms with E-state index in [1.165, 1.54) is 11.1 Å². The number of rotatable bonds is 0. The number of allylic oxidation sites excluding steroid dienone is 2. The first-order valence-electron chi connectivity index (χ1n) is 12.8. The zero-order valence-electron chi connectivity index (χ0n) is 19.6.